The maximum atomic E-state index is 10.7. The van der Waals surface area contributed by atoms with Gasteiger partial charge in [-0.25, -0.2) is 0 Å². The molecule has 0 saturated heterocycles. The number of aliphatic hydroxyl groups is 1. The smallest absolute Gasteiger partial charge is 0.126 e. The molecule has 0 amide bonds. The molecule has 0 aliphatic carbocycles. The second-order valence-electron chi connectivity index (χ2n) is 5.52. The predicted octanol–water partition coefficient (Wildman–Crippen LogP) is 2.85. The predicted molar refractivity (Wildman–Crippen MR) is 76.0 cm³/mol. The molecule has 3 nitrogen and oxygen atoms in total. The molecule has 0 fully saturated rings. The van der Waals surface area contributed by atoms with Crippen molar-refractivity contribution in [1.82, 2.24) is 0 Å². The molecule has 4 heteroatoms. The van der Waals surface area contributed by atoms with Gasteiger partial charge in [0.1, 0.15) is 5.75 Å². The van der Waals surface area contributed by atoms with E-state index in [9.17, 15) is 5.11 Å². The van der Waals surface area contributed by atoms with Crippen LogP contribution in [0.1, 0.15) is 25.0 Å². The summed E-state index contributed by atoms with van der Waals surface area (Å²) in [6.07, 6.45) is 1.37. The fourth-order valence-corrected chi connectivity index (χ4v) is 2.74. The first-order valence-electron chi connectivity index (χ1n) is 6.61. The standard InChI is InChI=1S/C15H21ClO3/c1-10(2)15(17,9-18-3)8-12-7-13(16)6-11-4-5-19-14(11)12/h6-7,10,17H,4-5,8-9H2,1-3H3. The maximum absolute atomic E-state index is 10.7. The zero-order chi connectivity index (χ0) is 14.0. The summed E-state index contributed by atoms with van der Waals surface area (Å²) in [6, 6.07) is 3.83. The number of halogens is 1. The van der Waals surface area contributed by atoms with Crippen molar-refractivity contribution >= 4 is 11.6 Å². The van der Waals surface area contributed by atoms with Gasteiger partial charge < -0.3 is 14.6 Å². The second-order valence-corrected chi connectivity index (χ2v) is 5.96. The number of hydrogen-bond acceptors (Lipinski definition) is 3. The lowest BCUT2D eigenvalue weighted by Crippen LogP contribution is -2.42. The van der Waals surface area contributed by atoms with E-state index in [-0.39, 0.29) is 5.92 Å². The van der Waals surface area contributed by atoms with E-state index in [1.54, 1.807) is 7.11 Å². The van der Waals surface area contributed by atoms with Crippen LogP contribution in [0.5, 0.6) is 5.75 Å². The summed E-state index contributed by atoms with van der Waals surface area (Å²) >= 11 is 6.15. The van der Waals surface area contributed by atoms with Gasteiger partial charge in [-0.05, 0) is 29.2 Å². The van der Waals surface area contributed by atoms with Crippen molar-refractivity contribution in [3.8, 4) is 5.75 Å². The van der Waals surface area contributed by atoms with Gasteiger partial charge in [-0.3, -0.25) is 0 Å². The zero-order valence-corrected chi connectivity index (χ0v) is 12.5. The van der Waals surface area contributed by atoms with Crippen molar-refractivity contribution in [2.45, 2.75) is 32.3 Å². The van der Waals surface area contributed by atoms with Crippen LogP contribution in [0, 0.1) is 5.92 Å². The van der Waals surface area contributed by atoms with Crippen LogP contribution < -0.4 is 4.74 Å². The number of fused-ring (bicyclic) bond motifs is 1. The minimum atomic E-state index is -0.904. The molecule has 2 rings (SSSR count). The SMILES string of the molecule is COCC(O)(Cc1cc(Cl)cc2c1OCC2)C(C)C. The molecule has 0 bridgehead atoms. The molecule has 1 heterocycles. The third-order valence-corrected chi connectivity index (χ3v) is 4.01. The van der Waals surface area contributed by atoms with Crippen molar-refractivity contribution in [2.75, 3.05) is 20.3 Å². The van der Waals surface area contributed by atoms with E-state index < -0.39 is 5.60 Å². The Morgan fingerprint density at radius 3 is 2.84 bits per heavy atom. The highest BCUT2D eigenvalue weighted by molar-refractivity contribution is 6.30. The van der Waals surface area contributed by atoms with Gasteiger partial charge in [0.2, 0.25) is 0 Å². The Hall–Kier alpha value is -0.770. The van der Waals surface area contributed by atoms with Gasteiger partial charge in [0.05, 0.1) is 18.8 Å². The van der Waals surface area contributed by atoms with Crippen molar-refractivity contribution in [3.63, 3.8) is 0 Å². The molecule has 1 aliphatic rings. The van der Waals surface area contributed by atoms with Crippen LogP contribution in [0.4, 0.5) is 0 Å². The average Bonchev–Trinajstić information content (AvgIpc) is 2.77. The first-order valence-corrected chi connectivity index (χ1v) is 6.99. The average molecular weight is 285 g/mol. The highest BCUT2D eigenvalue weighted by Gasteiger charge is 2.33. The van der Waals surface area contributed by atoms with Gasteiger partial charge >= 0.3 is 0 Å². The Bertz CT molecular complexity index is 459. The molecule has 0 radical (unpaired) electrons. The fraction of sp³-hybridized carbons (Fsp3) is 0.600. The molecule has 106 valence electrons. The van der Waals surface area contributed by atoms with Crippen LogP contribution in [-0.2, 0) is 17.6 Å². The lowest BCUT2D eigenvalue weighted by molar-refractivity contribution is -0.0639. The van der Waals surface area contributed by atoms with Gasteiger partial charge in [0.25, 0.3) is 0 Å². The van der Waals surface area contributed by atoms with Gasteiger partial charge in [-0.2, -0.15) is 0 Å². The van der Waals surface area contributed by atoms with Crippen molar-refractivity contribution in [3.05, 3.63) is 28.3 Å². The molecule has 19 heavy (non-hydrogen) atoms. The van der Waals surface area contributed by atoms with Crippen LogP contribution in [-0.4, -0.2) is 31.0 Å². The Kier molecular flexibility index (Phi) is 4.39. The normalized spacial score (nSPS) is 17.2. The van der Waals surface area contributed by atoms with Gasteiger partial charge in [0.15, 0.2) is 0 Å². The third kappa shape index (κ3) is 3.04. The lowest BCUT2D eigenvalue weighted by atomic mass is 9.84. The van der Waals surface area contributed by atoms with Gasteiger partial charge in [0, 0.05) is 25.0 Å². The molecule has 1 aromatic rings. The maximum Gasteiger partial charge on any atom is 0.126 e. The minimum Gasteiger partial charge on any atom is -0.493 e. The molecule has 1 aliphatic heterocycles. The Morgan fingerprint density at radius 1 is 1.47 bits per heavy atom. The number of methoxy groups -OCH3 is 1. The highest BCUT2D eigenvalue weighted by Crippen LogP contribution is 2.36. The highest BCUT2D eigenvalue weighted by atomic mass is 35.5. The Balaban J connectivity index is 2.32. The summed E-state index contributed by atoms with van der Waals surface area (Å²) in [5, 5.41) is 11.4. The van der Waals surface area contributed by atoms with Crippen LogP contribution >= 0.6 is 11.6 Å². The van der Waals surface area contributed by atoms with Crippen LogP contribution in [0.15, 0.2) is 12.1 Å². The molecule has 0 saturated carbocycles. The summed E-state index contributed by atoms with van der Waals surface area (Å²) in [5.74, 6) is 0.975. The summed E-state index contributed by atoms with van der Waals surface area (Å²) in [6.45, 7) is 4.97. The molecular formula is C15H21ClO3. The number of rotatable bonds is 5. The lowest BCUT2D eigenvalue weighted by Gasteiger charge is -2.32. The quantitative estimate of drug-likeness (QED) is 0.904. The van der Waals surface area contributed by atoms with E-state index in [0.717, 1.165) is 23.3 Å². The molecule has 0 aromatic heterocycles. The van der Waals surface area contributed by atoms with Gasteiger partial charge in [-0.1, -0.05) is 25.4 Å². The second kappa shape index (κ2) is 5.70. The van der Waals surface area contributed by atoms with E-state index in [1.807, 2.05) is 26.0 Å². The van der Waals surface area contributed by atoms with Crippen LogP contribution in [0.25, 0.3) is 0 Å². The van der Waals surface area contributed by atoms with Crippen molar-refractivity contribution < 1.29 is 14.6 Å². The molecular weight excluding hydrogens is 264 g/mol. The largest absolute Gasteiger partial charge is 0.493 e. The molecule has 1 aromatic carbocycles. The topological polar surface area (TPSA) is 38.7 Å². The van der Waals surface area contributed by atoms with E-state index in [0.29, 0.717) is 24.7 Å². The first-order chi connectivity index (χ1) is 8.96. The minimum absolute atomic E-state index is 0.0866. The van der Waals surface area contributed by atoms with E-state index >= 15 is 0 Å². The number of hydrogen-bond donors (Lipinski definition) is 1. The molecule has 0 spiro atoms. The zero-order valence-electron chi connectivity index (χ0n) is 11.7. The molecule has 1 unspecified atom stereocenters. The third-order valence-electron chi connectivity index (χ3n) is 3.79. The monoisotopic (exact) mass is 284 g/mol. The van der Waals surface area contributed by atoms with Crippen molar-refractivity contribution in [2.24, 2.45) is 5.92 Å². The number of benzene rings is 1. The Labute approximate surface area is 119 Å². The summed E-state index contributed by atoms with van der Waals surface area (Å²) in [4.78, 5) is 0. The number of ether oxygens (including phenoxy) is 2. The summed E-state index contributed by atoms with van der Waals surface area (Å²) in [7, 11) is 1.60. The van der Waals surface area contributed by atoms with E-state index in [1.165, 1.54) is 0 Å². The Morgan fingerprint density at radius 2 is 2.21 bits per heavy atom. The van der Waals surface area contributed by atoms with E-state index in [4.69, 9.17) is 21.1 Å². The fourth-order valence-electron chi connectivity index (χ4n) is 2.48. The van der Waals surface area contributed by atoms with E-state index in [2.05, 4.69) is 0 Å². The molecule has 1 N–H and O–H groups in total. The van der Waals surface area contributed by atoms with Crippen molar-refractivity contribution in [1.29, 1.82) is 0 Å². The molecule has 1 atom stereocenters. The summed E-state index contributed by atoms with van der Waals surface area (Å²) < 4.78 is 10.8. The first kappa shape index (κ1) is 14.6. The van der Waals surface area contributed by atoms with Crippen LogP contribution in [0.3, 0.4) is 0 Å². The van der Waals surface area contributed by atoms with Crippen LogP contribution in [0.2, 0.25) is 5.02 Å². The summed E-state index contributed by atoms with van der Waals surface area (Å²) in [5.41, 5.74) is 1.19. The van der Waals surface area contributed by atoms with Gasteiger partial charge in [-0.15, -0.1) is 0 Å².